The van der Waals surface area contributed by atoms with Crippen LogP contribution in [0, 0.1) is 0 Å². The Hall–Kier alpha value is -3.55. The fourth-order valence-electron chi connectivity index (χ4n) is 2.59. The van der Waals surface area contributed by atoms with Gasteiger partial charge in [-0.15, -0.1) is 0 Å². The lowest BCUT2D eigenvalue weighted by atomic mass is 10.2. The molecule has 8 nitrogen and oxygen atoms in total. The standard InChI is InChI=1S/C20H21N3O5/c1-13(28-18(24)8-5-11-27-15-6-3-2-4-7-15)19(25)21-14-9-10-16-17(12-14)23-20(26)22-16/h2-4,6-7,9-10,12-13H,5,8,11H2,1H3,(H,21,25)(H2,22,23,26)/t13-/m1/s1. The fraction of sp³-hybridized carbons (Fsp3) is 0.250. The number of rotatable bonds is 8. The minimum Gasteiger partial charge on any atom is -0.494 e. The van der Waals surface area contributed by atoms with Crippen LogP contribution in [0.25, 0.3) is 11.0 Å². The zero-order chi connectivity index (χ0) is 19.9. The lowest BCUT2D eigenvalue weighted by Crippen LogP contribution is -2.30. The summed E-state index contributed by atoms with van der Waals surface area (Å²) in [6, 6.07) is 14.3. The first-order valence-corrected chi connectivity index (χ1v) is 8.91. The zero-order valence-electron chi connectivity index (χ0n) is 15.4. The highest BCUT2D eigenvalue weighted by molar-refractivity contribution is 5.96. The Kier molecular flexibility index (Phi) is 6.11. The van der Waals surface area contributed by atoms with Gasteiger partial charge in [0.2, 0.25) is 0 Å². The quantitative estimate of drug-likeness (QED) is 0.409. The summed E-state index contributed by atoms with van der Waals surface area (Å²) in [7, 11) is 0. The predicted octanol–water partition coefficient (Wildman–Crippen LogP) is 2.59. The molecule has 0 spiro atoms. The van der Waals surface area contributed by atoms with E-state index in [9.17, 15) is 14.4 Å². The van der Waals surface area contributed by atoms with Gasteiger partial charge in [0, 0.05) is 12.1 Å². The first-order valence-electron chi connectivity index (χ1n) is 8.91. The van der Waals surface area contributed by atoms with Crippen molar-refractivity contribution >= 4 is 28.6 Å². The van der Waals surface area contributed by atoms with E-state index in [1.54, 1.807) is 18.2 Å². The Morgan fingerprint density at radius 1 is 1.07 bits per heavy atom. The molecule has 1 heterocycles. The number of hydrogen-bond donors (Lipinski definition) is 3. The van der Waals surface area contributed by atoms with Crippen LogP contribution in [0.4, 0.5) is 5.69 Å². The Balaban J connectivity index is 1.42. The zero-order valence-corrected chi connectivity index (χ0v) is 15.4. The summed E-state index contributed by atoms with van der Waals surface area (Å²) in [6.07, 6.45) is -0.302. The number of amides is 1. The van der Waals surface area contributed by atoms with Gasteiger partial charge in [0.25, 0.3) is 5.91 Å². The number of nitrogens with one attached hydrogen (secondary N) is 3. The van der Waals surface area contributed by atoms with Gasteiger partial charge in [-0.1, -0.05) is 18.2 Å². The molecule has 0 saturated heterocycles. The van der Waals surface area contributed by atoms with E-state index in [0.717, 1.165) is 5.75 Å². The van der Waals surface area contributed by atoms with E-state index in [-0.39, 0.29) is 12.1 Å². The molecule has 0 aliphatic rings. The van der Waals surface area contributed by atoms with E-state index in [1.165, 1.54) is 6.92 Å². The highest BCUT2D eigenvalue weighted by Gasteiger charge is 2.18. The third-order valence-corrected chi connectivity index (χ3v) is 4.00. The molecule has 0 unspecified atom stereocenters. The molecule has 1 atom stereocenters. The van der Waals surface area contributed by atoms with Crippen LogP contribution in [0.1, 0.15) is 19.8 Å². The summed E-state index contributed by atoms with van der Waals surface area (Å²) < 4.78 is 10.7. The van der Waals surface area contributed by atoms with Crippen LogP contribution in [0.3, 0.4) is 0 Å². The van der Waals surface area contributed by atoms with E-state index in [2.05, 4.69) is 15.3 Å². The molecule has 1 aromatic heterocycles. The van der Waals surface area contributed by atoms with Crippen molar-refractivity contribution in [3.8, 4) is 5.75 Å². The number of carbonyl (C=O) groups excluding carboxylic acids is 2. The molecule has 28 heavy (non-hydrogen) atoms. The molecule has 3 rings (SSSR count). The SMILES string of the molecule is C[C@@H](OC(=O)CCCOc1ccccc1)C(=O)Nc1ccc2[nH]c(=O)[nH]c2c1. The van der Waals surface area contributed by atoms with Crippen molar-refractivity contribution in [2.24, 2.45) is 0 Å². The van der Waals surface area contributed by atoms with Gasteiger partial charge in [0.05, 0.1) is 17.6 Å². The van der Waals surface area contributed by atoms with Gasteiger partial charge in [-0.05, 0) is 43.7 Å². The van der Waals surface area contributed by atoms with Crippen LogP contribution in [0.15, 0.2) is 53.3 Å². The second-order valence-electron chi connectivity index (χ2n) is 6.23. The number of ether oxygens (including phenoxy) is 2. The maximum Gasteiger partial charge on any atom is 0.323 e. The molecular weight excluding hydrogens is 362 g/mol. The number of benzene rings is 2. The lowest BCUT2D eigenvalue weighted by Gasteiger charge is -2.13. The Morgan fingerprint density at radius 3 is 2.61 bits per heavy atom. The van der Waals surface area contributed by atoms with E-state index in [0.29, 0.717) is 29.7 Å². The van der Waals surface area contributed by atoms with Crippen LogP contribution in [-0.4, -0.2) is 34.6 Å². The number of H-pyrrole nitrogens is 2. The number of aromatic amines is 2. The fourth-order valence-corrected chi connectivity index (χ4v) is 2.59. The average molecular weight is 383 g/mol. The molecule has 0 saturated carbocycles. The van der Waals surface area contributed by atoms with Gasteiger partial charge in [-0.3, -0.25) is 9.59 Å². The number of hydrogen-bond acceptors (Lipinski definition) is 5. The Morgan fingerprint density at radius 2 is 1.82 bits per heavy atom. The molecule has 0 aliphatic carbocycles. The number of carbonyl (C=O) groups is 2. The maximum atomic E-state index is 12.2. The average Bonchev–Trinajstić information content (AvgIpc) is 3.05. The molecule has 8 heteroatoms. The molecule has 0 bridgehead atoms. The lowest BCUT2D eigenvalue weighted by molar-refractivity contribution is -0.153. The highest BCUT2D eigenvalue weighted by Crippen LogP contribution is 2.15. The summed E-state index contributed by atoms with van der Waals surface area (Å²) in [5, 5.41) is 2.66. The van der Waals surface area contributed by atoms with Crippen LogP contribution in [-0.2, 0) is 14.3 Å². The Labute approximate surface area is 160 Å². The molecule has 2 aromatic carbocycles. The number of aromatic nitrogens is 2. The van der Waals surface area contributed by atoms with E-state index in [1.807, 2.05) is 30.3 Å². The number of esters is 1. The van der Waals surface area contributed by atoms with E-state index < -0.39 is 18.0 Å². The first kappa shape index (κ1) is 19.2. The van der Waals surface area contributed by atoms with Crippen molar-refractivity contribution < 1.29 is 19.1 Å². The van der Waals surface area contributed by atoms with Crippen molar-refractivity contribution in [1.29, 1.82) is 0 Å². The van der Waals surface area contributed by atoms with E-state index in [4.69, 9.17) is 9.47 Å². The normalized spacial score (nSPS) is 11.8. The van der Waals surface area contributed by atoms with Gasteiger partial charge in [-0.2, -0.15) is 0 Å². The summed E-state index contributed by atoms with van der Waals surface area (Å²) in [5.74, 6) is -0.180. The van der Waals surface area contributed by atoms with Crippen molar-refractivity contribution in [3.05, 3.63) is 59.0 Å². The summed E-state index contributed by atoms with van der Waals surface area (Å²) in [5.41, 5.74) is 1.38. The number of imidazole rings is 1. The van der Waals surface area contributed by atoms with E-state index >= 15 is 0 Å². The minimum atomic E-state index is -0.941. The van der Waals surface area contributed by atoms with Crippen LogP contribution >= 0.6 is 0 Å². The largest absolute Gasteiger partial charge is 0.494 e. The third-order valence-electron chi connectivity index (χ3n) is 4.00. The molecule has 3 aromatic rings. The molecule has 146 valence electrons. The summed E-state index contributed by atoms with van der Waals surface area (Å²) >= 11 is 0. The maximum absolute atomic E-state index is 12.2. The van der Waals surface area contributed by atoms with Crippen LogP contribution < -0.4 is 15.7 Å². The monoisotopic (exact) mass is 383 g/mol. The van der Waals surface area contributed by atoms with Crippen molar-refractivity contribution in [2.75, 3.05) is 11.9 Å². The molecule has 0 aliphatic heterocycles. The summed E-state index contributed by atoms with van der Waals surface area (Å²) in [4.78, 5) is 40.6. The number of fused-ring (bicyclic) bond motifs is 1. The van der Waals surface area contributed by atoms with Gasteiger partial charge < -0.3 is 24.8 Å². The van der Waals surface area contributed by atoms with Gasteiger partial charge in [-0.25, -0.2) is 4.79 Å². The first-order chi connectivity index (χ1) is 13.5. The molecule has 3 N–H and O–H groups in total. The smallest absolute Gasteiger partial charge is 0.323 e. The van der Waals surface area contributed by atoms with Crippen molar-refractivity contribution in [3.63, 3.8) is 0 Å². The number of anilines is 1. The van der Waals surface area contributed by atoms with Gasteiger partial charge in [0.15, 0.2) is 6.10 Å². The predicted molar refractivity (Wildman–Crippen MR) is 104 cm³/mol. The highest BCUT2D eigenvalue weighted by atomic mass is 16.5. The van der Waals surface area contributed by atoms with Gasteiger partial charge in [0.1, 0.15) is 5.75 Å². The van der Waals surface area contributed by atoms with Crippen LogP contribution in [0.5, 0.6) is 5.75 Å². The second-order valence-corrected chi connectivity index (χ2v) is 6.23. The Bertz CT molecular complexity index is 1010. The molecule has 1 amide bonds. The topological polar surface area (TPSA) is 113 Å². The third kappa shape index (κ3) is 5.23. The molecule has 0 radical (unpaired) electrons. The second kappa shape index (κ2) is 8.90. The number of para-hydroxylation sites is 1. The van der Waals surface area contributed by atoms with Crippen LogP contribution in [0.2, 0.25) is 0 Å². The van der Waals surface area contributed by atoms with Crippen molar-refractivity contribution in [2.45, 2.75) is 25.9 Å². The molecular formula is C20H21N3O5. The molecule has 0 fully saturated rings. The summed E-state index contributed by atoms with van der Waals surface area (Å²) in [6.45, 7) is 1.89. The minimum absolute atomic E-state index is 0.154. The van der Waals surface area contributed by atoms with Gasteiger partial charge >= 0.3 is 11.7 Å². The van der Waals surface area contributed by atoms with Crippen molar-refractivity contribution in [1.82, 2.24) is 9.97 Å².